The van der Waals surface area contributed by atoms with Crippen LogP contribution in [0.5, 0.6) is 5.75 Å². The van der Waals surface area contributed by atoms with Crippen LogP contribution in [0.1, 0.15) is 35.2 Å². The number of nitrogens with one attached hydrogen (secondary N) is 2. The Hall–Kier alpha value is -5.82. The van der Waals surface area contributed by atoms with Crippen LogP contribution in [0.2, 0.25) is 0 Å². The molecular weight excluding hydrogens is 662 g/mol. The summed E-state index contributed by atoms with van der Waals surface area (Å²) in [6.07, 6.45) is 7.50. The lowest BCUT2D eigenvalue weighted by Crippen LogP contribution is -2.31. The lowest BCUT2D eigenvalue weighted by molar-refractivity contribution is 0.102. The summed E-state index contributed by atoms with van der Waals surface area (Å²) in [7, 11) is 1.52. The van der Waals surface area contributed by atoms with E-state index >= 15 is 4.39 Å². The first-order valence-corrected chi connectivity index (χ1v) is 16.5. The van der Waals surface area contributed by atoms with Gasteiger partial charge in [-0.15, -0.1) is 0 Å². The maximum Gasteiger partial charge on any atom is 0.255 e. The van der Waals surface area contributed by atoms with Crippen molar-refractivity contribution in [3.05, 3.63) is 120 Å². The number of halogens is 4. The average molecular weight is 696 g/mol. The van der Waals surface area contributed by atoms with Gasteiger partial charge in [-0.1, -0.05) is 24.6 Å². The Morgan fingerprint density at radius 1 is 0.882 bits per heavy atom. The molecular formula is C38H33F4N7O2. The molecule has 1 fully saturated rings. The van der Waals surface area contributed by atoms with Gasteiger partial charge in [-0.2, -0.15) is 0 Å². The number of imidazole rings is 1. The summed E-state index contributed by atoms with van der Waals surface area (Å²) in [5.41, 5.74) is 2.84. The second kappa shape index (κ2) is 14.6. The zero-order valence-corrected chi connectivity index (χ0v) is 27.6. The van der Waals surface area contributed by atoms with E-state index in [0.717, 1.165) is 32.5 Å². The van der Waals surface area contributed by atoms with E-state index in [4.69, 9.17) is 14.7 Å². The van der Waals surface area contributed by atoms with Gasteiger partial charge >= 0.3 is 0 Å². The molecule has 0 saturated carbocycles. The van der Waals surface area contributed by atoms with Crippen LogP contribution < -0.4 is 15.4 Å². The van der Waals surface area contributed by atoms with Crippen molar-refractivity contribution in [1.29, 1.82) is 0 Å². The topological polar surface area (TPSA) is 96.7 Å². The minimum absolute atomic E-state index is 0.0807. The highest BCUT2D eigenvalue weighted by molar-refractivity contribution is 6.05. The van der Waals surface area contributed by atoms with Gasteiger partial charge in [0, 0.05) is 48.3 Å². The number of nitrogens with zero attached hydrogens (tertiary/aromatic N) is 5. The van der Waals surface area contributed by atoms with Gasteiger partial charge in [0.05, 0.1) is 29.9 Å². The predicted molar refractivity (Wildman–Crippen MR) is 186 cm³/mol. The fourth-order valence-corrected chi connectivity index (χ4v) is 6.28. The highest BCUT2D eigenvalue weighted by Gasteiger charge is 2.21. The van der Waals surface area contributed by atoms with E-state index in [1.807, 2.05) is 28.8 Å². The molecule has 0 aliphatic carbocycles. The molecule has 0 unspecified atom stereocenters. The number of hydrogen-bond acceptors (Lipinski definition) is 7. The second-order valence-electron chi connectivity index (χ2n) is 12.2. The average Bonchev–Trinajstić information content (AvgIpc) is 3.53. The van der Waals surface area contributed by atoms with Gasteiger partial charge in [0.25, 0.3) is 5.91 Å². The first-order chi connectivity index (χ1) is 24.8. The first-order valence-electron chi connectivity index (χ1n) is 16.5. The molecule has 260 valence electrons. The number of benzene rings is 3. The largest absolute Gasteiger partial charge is 0.495 e. The molecule has 7 rings (SSSR count). The van der Waals surface area contributed by atoms with Gasteiger partial charge in [-0.25, -0.2) is 32.5 Å². The summed E-state index contributed by atoms with van der Waals surface area (Å²) in [6, 6.07) is 17.6. The Kier molecular flexibility index (Phi) is 9.62. The minimum atomic E-state index is -1.24. The van der Waals surface area contributed by atoms with Crippen LogP contribution in [-0.4, -0.2) is 56.9 Å². The first kappa shape index (κ1) is 33.7. The van der Waals surface area contributed by atoms with Crippen LogP contribution in [0.3, 0.4) is 0 Å². The maximum absolute atomic E-state index is 15.4. The number of pyridine rings is 1. The zero-order chi connectivity index (χ0) is 35.5. The number of carbonyl (C=O) groups excluding carboxylic acids is 1. The molecule has 6 aromatic rings. The summed E-state index contributed by atoms with van der Waals surface area (Å²) in [6.45, 7) is 2.83. The zero-order valence-electron chi connectivity index (χ0n) is 27.6. The summed E-state index contributed by atoms with van der Waals surface area (Å²) in [5.74, 6) is -4.11. The standard InChI is InChI=1S/C38H33F4N7O2/c1-51-32-19-23(12-17-48-14-4-2-5-15-48)27(40)22-31(32)45-38-43-13-11-30(44-38)36-34(46-33-10-3-6-16-49(33)36)24-8-7-9-25(18-24)37(50)47-35-28(41)20-26(39)21-29(35)42/h3,6-11,13,16,18-22H,2,4-5,12,14-15,17H2,1H3,(H,47,50)(H,43,44,45). The van der Waals surface area contributed by atoms with Gasteiger partial charge in [-0.3, -0.25) is 9.20 Å². The van der Waals surface area contributed by atoms with Crippen LogP contribution in [0, 0.1) is 23.3 Å². The van der Waals surface area contributed by atoms with Crippen molar-refractivity contribution in [2.75, 3.05) is 37.4 Å². The summed E-state index contributed by atoms with van der Waals surface area (Å²) < 4.78 is 64.8. The van der Waals surface area contributed by atoms with Crippen molar-refractivity contribution in [2.45, 2.75) is 25.7 Å². The number of rotatable bonds is 10. The quantitative estimate of drug-likeness (QED) is 0.140. The monoisotopic (exact) mass is 695 g/mol. The predicted octanol–water partition coefficient (Wildman–Crippen LogP) is 8.05. The van der Waals surface area contributed by atoms with Crippen LogP contribution >= 0.6 is 0 Å². The number of aromatic nitrogens is 4. The van der Waals surface area contributed by atoms with Crippen LogP contribution in [0.15, 0.2) is 85.2 Å². The maximum atomic E-state index is 15.4. The fourth-order valence-electron chi connectivity index (χ4n) is 6.28. The van der Waals surface area contributed by atoms with Crippen molar-refractivity contribution in [1.82, 2.24) is 24.3 Å². The molecule has 51 heavy (non-hydrogen) atoms. The van der Waals surface area contributed by atoms with E-state index in [9.17, 15) is 18.0 Å². The van der Waals surface area contributed by atoms with Gasteiger partial charge in [0.2, 0.25) is 5.95 Å². The molecule has 3 aromatic carbocycles. The molecule has 1 saturated heterocycles. The molecule has 2 N–H and O–H groups in total. The molecule has 0 spiro atoms. The van der Waals surface area contributed by atoms with Crippen molar-refractivity contribution in [2.24, 2.45) is 0 Å². The third-order valence-corrected chi connectivity index (χ3v) is 8.83. The molecule has 3 aromatic heterocycles. The Balaban J connectivity index is 1.19. The summed E-state index contributed by atoms with van der Waals surface area (Å²) >= 11 is 0. The highest BCUT2D eigenvalue weighted by atomic mass is 19.1. The van der Waals surface area contributed by atoms with Crippen LogP contribution in [0.25, 0.3) is 28.3 Å². The van der Waals surface area contributed by atoms with Gasteiger partial charge < -0.3 is 20.3 Å². The van der Waals surface area contributed by atoms with Gasteiger partial charge in [-0.05, 0) is 74.3 Å². The van der Waals surface area contributed by atoms with E-state index in [1.165, 1.54) is 31.7 Å². The van der Waals surface area contributed by atoms with E-state index in [-0.39, 0.29) is 17.3 Å². The smallest absolute Gasteiger partial charge is 0.255 e. The molecule has 0 bridgehead atoms. The Morgan fingerprint density at radius 3 is 2.47 bits per heavy atom. The van der Waals surface area contributed by atoms with Crippen molar-refractivity contribution < 1.29 is 27.1 Å². The third kappa shape index (κ3) is 7.24. The molecule has 9 nitrogen and oxygen atoms in total. The number of anilines is 3. The van der Waals surface area contributed by atoms with Crippen molar-refractivity contribution in [3.63, 3.8) is 0 Å². The minimum Gasteiger partial charge on any atom is -0.495 e. The Bertz CT molecular complexity index is 2210. The van der Waals surface area contributed by atoms with Gasteiger partial charge in [0.1, 0.15) is 28.7 Å². The van der Waals surface area contributed by atoms with Gasteiger partial charge in [0.15, 0.2) is 11.6 Å². The number of ether oxygens (including phenoxy) is 1. The van der Waals surface area contributed by atoms with Crippen LogP contribution in [0.4, 0.5) is 34.9 Å². The third-order valence-electron chi connectivity index (χ3n) is 8.83. The van der Waals surface area contributed by atoms with Crippen molar-refractivity contribution in [3.8, 4) is 28.4 Å². The number of carbonyl (C=O) groups is 1. The molecule has 1 aliphatic rings. The molecule has 0 radical (unpaired) electrons. The lowest BCUT2D eigenvalue weighted by atomic mass is 10.0. The lowest BCUT2D eigenvalue weighted by Gasteiger charge is -2.26. The SMILES string of the molecule is COc1cc(CCN2CCCCC2)c(F)cc1Nc1nccc(-c2c(-c3cccc(C(=O)Nc4c(F)cc(F)cc4F)c3)nc3ccccn23)n1. The molecule has 1 aliphatic heterocycles. The fraction of sp³-hybridized carbons (Fsp3) is 0.211. The van der Waals surface area contributed by atoms with E-state index < -0.39 is 29.0 Å². The number of amides is 1. The molecule has 4 heterocycles. The van der Waals surface area contributed by atoms with E-state index in [2.05, 4.69) is 20.5 Å². The molecule has 13 heteroatoms. The normalized spacial score (nSPS) is 13.4. The number of piperidine rings is 1. The number of hydrogen-bond donors (Lipinski definition) is 2. The Labute approximate surface area is 291 Å². The van der Waals surface area contributed by atoms with Crippen LogP contribution in [-0.2, 0) is 6.42 Å². The molecule has 0 atom stereocenters. The number of methoxy groups -OCH3 is 1. The Morgan fingerprint density at radius 2 is 1.69 bits per heavy atom. The molecule has 1 amide bonds. The summed E-state index contributed by atoms with van der Waals surface area (Å²) in [5, 5.41) is 5.30. The number of fused-ring (bicyclic) bond motifs is 1. The number of likely N-dealkylation sites (tertiary alicyclic amines) is 1. The second-order valence-corrected chi connectivity index (χ2v) is 12.2. The highest BCUT2D eigenvalue weighted by Crippen LogP contribution is 2.35. The van der Waals surface area contributed by atoms with Crippen molar-refractivity contribution >= 4 is 28.9 Å². The van der Waals surface area contributed by atoms with E-state index in [0.29, 0.717) is 63.8 Å². The van der Waals surface area contributed by atoms with E-state index in [1.54, 1.807) is 30.5 Å². The summed E-state index contributed by atoms with van der Waals surface area (Å²) in [4.78, 5) is 29.4.